The second-order valence-corrected chi connectivity index (χ2v) is 12.5. The molecule has 0 saturated carbocycles. The van der Waals surface area contributed by atoms with Crippen molar-refractivity contribution >= 4 is 48.3 Å². The summed E-state index contributed by atoms with van der Waals surface area (Å²) in [5, 5.41) is 0.516. The second kappa shape index (κ2) is 11.3. The molecule has 3 aromatic carbocycles. The topological polar surface area (TPSA) is 92.7 Å². The van der Waals surface area contributed by atoms with Crippen molar-refractivity contribution < 1.29 is 17.9 Å². The van der Waals surface area contributed by atoms with Gasteiger partial charge in [-0.25, -0.2) is 13.4 Å². The number of carbonyl (C=O) groups excluding carboxylic acids is 1. The zero-order chi connectivity index (χ0) is 28.4. The van der Waals surface area contributed by atoms with E-state index in [4.69, 9.17) is 9.72 Å². The van der Waals surface area contributed by atoms with Gasteiger partial charge in [0.25, 0.3) is 15.9 Å². The number of aryl methyl sites for hydroxylation is 1. The van der Waals surface area contributed by atoms with Crippen LogP contribution in [0.25, 0.3) is 10.2 Å². The maximum absolute atomic E-state index is 13.9. The summed E-state index contributed by atoms with van der Waals surface area (Å²) < 4.78 is 35.4. The third-order valence-electron chi connectivity index (χ3n) is 6.97. The molecule has 3 heterocycles. The van der Waals surface area contributed by atoms with E-state index < -0.39 is 10.0 Å². The molecular weight excluding hydrogens is 556 g/mol. The maximum Gasteiger partial charge on any atom is 0.264 e. The number of nitrogens with zero attached hydrogens (tertiary/aromatic N) is 4. The van der Waals surface area contributed by atoms with Gasteiger partial charge in [0, 0.05) is 24.5 Å². The number of anilines is 2. The molecule has 8 nitrogen and oxygen atoms in total. The van der Waals surface area contributed by atoms with Crippen molar-refractivity contribution in [1.82, 2.24) is 9.97 Å². The van der Waals surface area contributed by atoms with E-state index in [0.29, 0.717) is 40.8 Å². The fraction of sp³-hybridized carbons (Fsp3) is 0.194. The Labute approximate surface area is 242 Å². The van der Waals surface area contributed by atoms with Crippen LogP contribution >= 0.6 is 11.3 Å². The lowest BCUT2D eigenvalue weighted by molar-refractivity contribution is 0.0985. The van der Waals surface area contributed by atoms with Gasteiger partial charge in [-0.15, -0.1) is 0 Å². The number of sulfonamides is 1. The van der Waals surface area contributed by atoms with Crippen molar-refractivity contribution in [3.63, 3.8) is 0 Å². The molecule has 1 aliphatic heterocycles. The number of para-hydroxylation sites is 2. The molecule has 0 radical (unpaired) electrons. The van der Waals surface area contributed by atoms with Gasteiger partial charge in [0.15, 0.2) is 5.13 Å². The SMILES string of the molecule is CCOc1cccc2sc(N(Cc3cccnc3)C(=O)c3ccc(S(=O)(=O)N4CCCc5ccccc54)cc3)nc12. The minimum atomic E-state index is -3.79. The normalized spacial score (nSPS) is 13.1. The molecule has 208 valence electrons. The molecule has 2 aromatic heterocycles. The first-order chi connectivity index (χ1) is 20.0. The molecule has 41 heavy (non-hydrogen) atoms. The monoisotopic (exact) mass is 584 g/mol. The van der Waals surface area contributed by atoms with Crippen molar-refractivity contribution in [2.24, 2.45) is 0 Å². The number of rotatable bonds is 8. The lowest BCUT2D eigenvalue weighted by Crippen LogP contribution is -2.35. The molecule has 6 rings (SSSR count). The van der Waals surface area contributed by atoms with E-state index in [2.05, 4.69) is 4.98 Å². The van der Waals surface area contributed by atoms with Crippen LogP contribution in [0.15, 0.2) is 96.2 Å². The highest BCUT2D eigenvalue weighted by Gasteiger charge is 2.30. The third kappa shape index (κ3) is 5.28. The van der Waals surface area contributed by atoms with Crippen molar-refractivity contribution in [3.05, 3.63) is 108 Å². The van der Waals surface area contributed by atoms with Crippen LogP contribution in [0.4, 0.5) is 10.8 Å². The predicted molar refractivity (Wildman–Crippen MR) is 161 cm³/mol. The maximum atomic E-state index is 13.9. The molecule has 0 spiro atoms. The summed E-state index contributed by atoms with van der Waals surface area (Å²) in [5.41, 5.74) is 3.62. The predicted octanol–water partition coefficient (Wildman–Crippen LogP) is 6.08. The summed E-state index contributed by atoms with van der Waals surface area (Å²) >= 11 is 1.40. The lowest BCUT2D eigenvalue weighted by Gasteiger charge is -2.30. The molecule has 1 amide bonds. The standard InChI is InChI=1S/C31H28N4O4S2/c1-2-39-27-12-5-13-28-29(27)33-31(40-28)34(21-22-8-6-18-32-20-22)30(36)24-14-16-25(17-15-24)41(37,38)35-19-7-10-23-9-3-4-11-26(23)35/h3-6,8-9,11-18,20H,2,7,10,19,21H2,1H3. The van der Waals surface area contributed by atoms with Crippen LogP contribution in [0.2, 0.25) is 0 Å². The van der Waals surface area contributed by atoms with Crippen LogP contribution in [0.3, 0.4) is 0 Å². The minimum absolute atomic E-state index is 0.144. The Kier molecular flexibility index (Phi) is 7.42. The number of amides is 1. The largest absolute Gasteiger partial charge is 0.492 e. The highest BCUT2D eigenvalue weighted by Crippen LogP contribution is 2.36. The Morgan fingerprint density at radius 1 is 1.02 bits per heavy atom. The van der Waals surface area contributed by atoms with Gasteiger partial charge in [-0.05, 0) is 79.4 Å². The zero-order valence-electron chi connectivity index (χ0n) is 22.4. The van der Waals surface area contributed by atoms with Crippen molar-refractivity contribution in [2.45, 2.75) is 31.2 Å². The quantitative estimate of drug-likeness (QED) is 0.220. The first kappa shape index (κ1) is 26.9. The van der Waals surface area contributed by atoms with Crippen LogP contribution in [-0.4, -0.2) is 37.4 Å². The van der Waals surface area contributed by atoms with Gasteiger partial charge in [-0.1, -0.05) is 41.7 Å². The molecule has 0 atom stereocenters. The molecule has 0 N–H and O–H groups in total. The van der Waals surface area contributed by atoms with Crippen molar-refractivity contribution in [3.8, 4) is 5.75 Å². The molecular formula is C31H28N4O4S2. The van der Waals surface area contributed by atoms with E-state index in [-0.39, 0.29) is 17.3 Å². The van der Waals surface area contributed by atoms with Crippen molar-refractivity contribution in [1.29, 1.82) is 0 Å². The highest BCUT2D eigenvalue weighted by molar-refractivity contribution is 7.92. The number of hydrogen-bond donors (Lipinski definition) is 0. The van der Waals surface area contributed by atoms with Gasteiger partial charge in [0.2, 0.25) is 0 Å². The smallest absolute Gasteiger partial charge is 0.264 e. The lowest BCUT2D eigenvalue weighted by atomic mass is 10.0. The molecule has 0 bridgehead atoms. The summed E-state index contributed by atoms with van der Waals surface area (Å²) in [6.45, 7) is 3.09. The number of thiazole rings is 1. The molecule has 5 aromatic rings. The first-order valence-corrected chi connectivity index (χ1v) is 15.6. The second-order valence-electron chi connectivity index (χ2n) is 9.62. The molecule has 0 fully saturated rings. The van der Waals surface area contributed by atoms with Crippen molar-refractivity contribution in [2.75, 3.05) is 22.4 Å². The Morgan fingerprint density at radius 3 is 2.63 bits per heavy atom. The van der Waals surface area contributed by atoms with Crippen LogP contribution in [0.1, 0.15) is 34.8 Å². The summed E-state index contributed by atoms with van der Waals surface area (Å²) in [7, 11) is -3.79. The van der Waals surface area contributed by atoms with Crippen LogP contribution in [0, 0.1) is 0 Å². The number of carbonyl (C=O) groups is 1. The average molecular weight is 585 g/mol. The van der Waals surface area contributed by atoms with E-state index in [1.54, 1.807) is 29.4 Å². The van der Waals surface area contributed by atoms with E-state index in [9.17, 15) is 13.2 Å². The van der Waals surface area contributed by atoms with E-state index in [0.717, 1.165) is 28.7 Å². The minimum Gasteiger partial charge on any atom is -0.492 e. The summed E-state index contributed by atoms with van der Waals surface area (Å²) in [4.78, 5) is 24.7. The zero-order valence-corrected chi connectivity index (χ0v) is 24.1. The van der Waals surface area contributed by atoms with Gasteiger partial charge in [-0.3, -0.25) is 19.0 Å². The summed E-state index contributed by atoms with van der Waals surface area (Å²) in [6.07, 6.45) is 5.00. The van der Waals surface area contributed by atoms with Crippen LogP contribution in [-0.2, 0) is 23.0 Å². The molecule has 0 aliphatic carbocycles. The van der Waals surface area contributed by atoms with Crippen LogP contribution < -0.4 is 13.9 Å². The number of pyridine rings is 1. The first-order valence-electron chi connectivity index (χ1n) is 13.4. The Hall–Kier alpha value is -4.28. The fourth-order valence-electron chi connectivity index (χ4n) is 5.00. The van der Waals surface area contributed by atoms with Gasteiger partial charge in [0.1, 0.15) is 11.3 Å². The molecule has 0 unspecified atom stereocenters. The number of benzene rings is 3. The van der Waals surface area contributed by atoms with Crippen LogP contribution in [0.5, 0.6) is 5.75 Å². The fourth-order valence-corrected chi connectivity index (χ4v) is 7.52. The van der Waals surface area contributed by atoms with E-state index in [1.807, 2.05) is 61.5 Å². The van der Waals surface area contributed by atoms with Gasteiger partial charge < -0.3 is 4.74 Å². The van der Waals surface area contributed by atoms with E-state index in [1.165, 1.54) is 27.8 Å². The van der Waals surface area contributed by atoms with Gasteiger partial charge in [0.05, 0.1) is 28.4 Å². The number of ether oxygens (including phenoxy) is 1. The number of aromatic nitrogens is 2. The highest BCUT2D eigenvalue weighted by atomic mass is 32.2. The molecule has 1 aliphatic rings. The molecule has 0 saturated heterocycles. The van der Waals surface area contributed by atoms with Gasteiger partial charge >= 0.3 is 0 Å². The Morgan fingerprint density at radius 2 is 1.85 bits per heavy atom. The van der Waals surface area contributed by atoms with E-state index >= 15 is 0 Å². The number of fused-ring (bicyclic) bond motifs is 2. The third-order valence-corrected chi connectivity index (χ3v) is 9.84. The summed E-state index contributed by atoms with van der Waals surface area (Å²) in [5.74, 6) is 0.369. The average Bonchev–Trinajstić information content (AvgIpc) is 3.45. The number of hydrogen-bond acceptors (Lipinski definition) is 7. The summed E-state index contributed by atoms with van der Waals surface area (Å²) in [6, 6.07) is 23.2. The molecule has 10 heteroatoms. The Balaban J connectivity index is 1.33. The van der Waals surface area contributed by atoms with Gasteiger partial charge in [-0.2, -0.15) is 0 Å². The Bertz CT molecular complexity index is 1810.